The van der Waals surface area contributed by atoms with E-state index < -0.39 is 5.97 Å². The standard InChI is InChI=1S/C24H23N3O2/c1-2-29-24(28)22-17-27(26-25-22)23(20-11-7-4-8-12-20)21-14-13-19(16-21)15-18-9-5-3-6-10-18/h3-12,15-17,23H,2,13-14H2,1H3/b19-15+. The van der Waals surface area contributed by atoms with Crippen molar-refractivity contribution in [2.75, 3.05) is 6.61 Å². The van der Waals surface area contributed by atoms with E-state index >= 15 is 0 Å². The van der Waals surface area contributed by atoms with E-state index in [9.17, 15) is 4.79 Å². The summed E-state index contributed by atoms with van der Waals surface area (Å²) in [5.74, 6) is -0.448. The second-order valence-corrected chi connectivity index (χ2v) is 6.97. The van der Waals surface area contributed by atoms with Crippen molar-refractivity contribution >= 4 is 12.0 Å². The number of aromatic nitrogens is 3. The summed E-state index contributed by atoms with van der Waals surface area (Å²) in [6, 6.07) is 20.4. The van der Waals surface area contributed by atoms with Crippen LogP contribution in [0.5, 0.6) is 0 Å². The van der Waals surface area contributed by atoms with Gasteiger partial charge in [0.15, 0.2) is 5.69 Å². The van der Waals surface area contributed by atoms with Crippen LogP contribution in [0.25, 0.3) is 6.08 Å². The van der Waals surface area contributed by atoms with Crippen LogP contribution < -0.4 is 0 Å². The fourth-order valence-electron chi connectivity index (χ4n) is 3.64. The molecule has 0 aliphatic heterocycles. The lowest BCUT2D eigenvalue weighted by atomic mass is 9.98. The first kappa shape index (κ1) is 18.9. The minimum Gasteiger partial charge on any atom is -0.461 e. The molecule has 1 unspecified atom stereocenters. The van der Waals surface area contributed by atoms with E-state index in [1.54, 1.807) is 17.8 Å². The maximum absolute atomic E-state index is 12.0. The fraction of sp³-hybridized carbons (Fsp3) is 0.208. The van der Waals surface area contributed by atoms with Gasteiger partial charge in [0.05, 0.1) is 18.8 Å². The number of nitrogens with zero attached hydrogens (tertiary/aromatic N) is 3. The molecule has 2 aromatic carbocycles. The number of rotatable bonds is 6. The SMILES string of the molecule is CCOC(=O)c1cn(C(C2=C/C(=C/c3ccccc3)CC2)c2ccccc2)nn1. The molecule has 29 heavy (non-hydrogen) atoms. The van der Waals surface area contributed by atoms with E-state index in [4.69, 9.17) is 4.74 Å². The first-order valence-electron chi connectivity index (χ1n) is 9.84. The Morgan fingerprint density at radius 3 is 2.55 bits per heavy atom. The Morgan fingerprint density at radius 1 is 1.10 bits per heavy atom. The van der Waals surface area contributed by atoms with Gasteiger partial charge in [0, 0.05) is 0 Å². The molecule has 1 aliphatic carbocycles. The van der Waals surface area contributed by atoms with E-state index in [0.29, 0.717) is 6.61 Å². The number of carbonyl (C=O) groups excluding carboxylic acids is 1. The number of ether oxygens (including phenoxy) is 1. The topological polar surface area (TPSA) is 57.0 Å². The summed E-state index contributed by atoms with van der Waals surface area (Å²) < 4.78 is 6.82. The summed E-state index contributed by atoms with van der Waals surface area (Å²) in [5, 5.41) is 8.29. The van der Waals surface area contributed by atoms with Crippen LogP contribution in [0.4, 0.5) is 0 Å². The Balaban J connectivity index is 1.68. The predicted molar refractivity (Wildman–Crippen MR) is 112 cm³/mol. The van der Waals surface area contributed by atoms with Crippen molar-refractivity contribution in [1.29, 1.82) is 0 Å². The highest BCUT2D eigenvalue weighted by atomic mass is 16.5. The highest BCUT2D eigenvalue weighted by molar-refractivity contribution is 5.86. The molecule has 0 bridgehead atoms. The third-order valence-electron chi connectivity index (χ3n) is 4.95. The number of hydrogen-bond acceptors (Lipinski definition) is 4. The molecule has 0 saturated heterocycles. The highest BCUT2D eigenvalue weighted by Gasteiger charge is 2.25. The van der Waals surface area contributed by atoms with E-state index in [-0.39, 0.29) is 11.7 Å². The molecule has 0 N–H and O–H groups in total. The maximum Gasteiger partial charge on any atom is 0.360 e. The third kappa shape index (κ3) is 4.35. The van der Waals surface area contributed by atoms with Crippen LogP contribution in [0.1, 0.15) is 47.4 Å². The molecule has 146 valence electrons. The summed E-state index contributed by atoms with van der Waals surface area (Å²) in [7, 11) is 0. The molecule has 0 fully saturated rings. The lowest BCUT2D eigenvalue weighted by Crippen LogP contribution is -2.13. The Bertz CT molecular complexity index is 1040. The summed E-state index contributed by atoms with van der Waals surface area (Å²) >= 11 is 0. The van der Waals surface area contributed by atoms with Gasteiger partial charge < -0.3 is 4.74 Å². The van der Waals surface area contributed by atoms with Gasteiger partial charge in [-0.2, -0.15) is 0 Å². The van der Waals surface area contributed by atoms with Crippen molar-refractivity contribution in [2.45, 2.75) is 25.8 Å². The van der Waals surface area contributed by atoms with Gasteiger partial charge in [-0.3, -0.25) is 0 Å². The molecule has 3 aromatic rings. The van der Waals surface area contributed by atoms with Gasteiger partial charge in [-0.1, -0.05) is 78.0 Å². The first-order valence-corrected chi connectivity index (χ1v) is 9.84. The van der Waals surface area contributed by atoms with Crippen LogP contribution in [-0.2, 0) is 4.74 Å². The number of hydrogen-bond donors (Lipinski definition) is 0. The van der Waals surface area contributed by atoms with Crippen LogP contribution in [-0.4, -0.2) is 27.6 Å². The Morgan fingerprint density at radius 2 is 1.83 bits per heavy atom. The van der Waals surface area contributed by atoms with E-state index in [0.717, 1.165) is 18.4 Å². The number of carbonyl (C=O) groups is 1. The predicted octanol–water partition coefficient (Wildman–Crippen LogP) is 4.85. The molecule has 0 saturated carbocycles. The average molecular weight is 385 g/mol. The first-order chi connectivity index (χ1) is 14.2. The zero-order valence-electron chi connectivity index (χ0n) is 16.4. The van der Waals surface area contributed by atoms with Gasteiger partial charge >= 0.3 is 5.97 Å². The van der Waals surface area contributed by atoms with Crippen molar-refractivity contribution in [1.82, 2.24) is 15.0 Å². The molecular weight excluding hydrogens is 362 g/mol. The van der Waals surface area contributed by atoms with Crippen molar-refractivity contribution in [3.05, 3.63) is 101 Å². The zero-order valence-corrected chi connectivity index (χ0v) is 16.4. The molecule has 1 heterocycles. The minimum atomic E-state index is -0.448. The second-order valence-electron chi connectivity index (χ2n) is 6.97. The normalized spacial score (nSPS) is 15.9. The molecule has 0 amide bonds. The van der Waals surface area contributed by atoms with Gasteiger partial charge in [0.1, 0.15) is 0 Å². The molecule has 4 rings (SSSR count). The lowest BCUT2D eigenvalue weighted by Gasteiger charge is -2.18. The summed E-state index contributed by atoms with van der Waals surface area (Å²) in [5.41, 5.74) is 5.07. The maximum atomic E-state index is 12.0. The monoisotopic (exact) mass is 385 g/mol. The average Bonchev–Trinajstić information content (AvgIpc) is 3.41. The summed E-state index contributed by atoms with van der Waals surface area (Å²) in [4.78, 5) is 12.0. The van der Waals surface area contributed by atoms with E-state index in [2.05, 4.69) is 46.7 Å². The van der Waals surface area contributed by atoms with Crippen molar-refractivity contribution in [3.8, 4) is 0 Å². The zero-order chi connectivity index (χ0) is 20.1. The summed E-state index contributed by atoms with van der Waals surface area (Å²) in [6.07, 6.45) is 8.06. The number of allylic oxidation sites excluding steroid dienone is 3. The minimum absolute atomic E-state index is 0.103. The van der Waals surface area contributed by atoms with Gasteiger partial charge in [-0.05, 0) is 42.0 Å². The van der Waals surface area contributed by atoms with Gasteiger partial charge in [0.25, 0.3) is 0 Å². The third-order valence-corrected chi connectivity index (χ3v) is 4.95. The largest absolute Gasteiger partial charge is 0.461 e. The van der Waals surface area contributed by atoms with Crippen LogP contribution in [0.15, 0.2) is 84.1 Å². The number of esters is 1. The van der Waals surface area contributed by atoms with E-state index in [1.807, 2.05) is 36.4 Å². The Kier molecular flexibility index (Phi) is 5.66. The van der Waals surface area contributed by atoms with Gasteiger partial charge in [-0.15, -0.1) is 5.10 Å². The van der Waals surface area contributed by atoms with Crippen molar-refractivity contribution < 1.29 is 9.53 Å². The van der Waals surface area contributed by atoms with Crippen LogP contribution in [0.3, 0.4) is 0 Å². The second kappa shape index (κ2) is 8.69. The smallest absolute Gasteiger partial charge is 0.360 e. The fourth-order valence-corrected chi connectivity index (χ4v) is 3.64. The molecule has 1 atom stereocenters. The van der Waals surface area contributed by atoms with Gasteiger partial charge in [0.2, 0.25) is 0 Å². The molecular formula is C24H23N3O2. The van der Waals surface area contributed by atoms with Crippen LogP contribution >= 0.6 is 0 Å². The quantitative estimate of drug-likeness (QED) is 0.569. The molecule has 1 aromatic heterocycles. The van der Waals surface area contributed by atoms with Crippen molar-refractivity contribution in [2.24, 2.45) is 0 Å². The lowest BCUT2D eigenvalue weighted by molar-refractivity contribution is 0.0519. The molecule has 1 aliphatic rings. The molecule has 0 spiro atoms. The molecule has 0 radical (unpaired) electrons. The Labute approximate surface area is 170 Å². The molecule has 5 nitrogen and oxygen atoms in total. The highest BCUT2D eigenvalue weighted by Crippen LogP contribution is 2.36. The van der Waals surface area contributed by atoms with Crippen LogP contribution in [0, 0.1) is 0 Å². The van der Waals surface area contributed by atoms with E-state index in [1.165, 1.54) is 16.7 Å². The Hall–Kier alpha value is -3.47. The van der Waals surface area contributed by atoms with Gasteiger partial charge in [-0.25, -0.2) is 9.48 Å². The number of benzene rings is 2. The molecule has 5 heteroatoms. The summed E-state index contributed by atoms with van der Waals surface area (Å²) in [6.45, 7) is 2.09. The van der Waals surface area contributed by atoms with Crippen molar-refractivity contribution in [3.63, 3.8) is 0 Å². The van der Waals surface area contributed by atoms with Crippen LogP contribution in [0.2, 0.25) is 0 Å².